The minimum atomic E-state index is -0.216. The summed E-state index contributed by atoms with van der Waals surface area (Å²) in [6.45, 7) is 3.09. The van der Waals surface area contributed by atoms with Gasteiger partial charge in [-0.2, -0.15) is 5.10 Å². The highest BCUT2D eigenvalue weighted by molar-refractivity contribution is 9.10. The van der Waals surface area contributed by atoms with E-state index < -0.39 is 0 Å². The molecule has 0 bridgehead atoms. The van der Waals surface area contributed by atoms with Gasteiger partial charge in [-0.3, -0.25) is 4.68 Å². The molecular formula is C16H21BrFN3. The largest absolute Gasteiger partial charge is 0.310 e. The van der Waals surface area contributed by atoms with Crippen molar-refractivity contribution < 1.29 is 4.39 Å². The molecule has 1 aromatic heterocycles. The summed E-state index contributed by atoms with van der Waals surface area (Å²) in [5, 5.41) is 7.74. The van der Waals surface area contributed by atoms with Crippen molar-refractivity contribution in [3.8, 4) is 0 Å². The van der Waals surface area contributed by atoms with Gasteiger partial charge in [0.05, 0.1) is 0 Å². The number of aryl methyl sites for hydroxylation is 2. The summed E-state index contributed by atoms with van der Waals surface area (Å²) in [7, 11) is 1.96. The Labute approximate surface area is 133 Å². The predicted molar refractivity (Wildman–Crippen MR) is 86.7 cm³/mol. The summed E-state index contributed by atoms with van der Waals surface area (Å²) in [4.78, 5) is 0. The van der Waals surface area contributed by atoms with E-state index in [2.05, 4.69) is 33.3 Å². The lowest BCUT2D eigenvalue weighted by Crippen LogP contribution is -2.23. The zero-order valence-corrected chi connectivity index (χ0v) is 14.0. The maximum absolute atomic E-state index is 13.3. The predicted octanol–water partition coefficient (Wildman–Crippen LogP) is 4.00. The van der Waals surface area contributed by atoms with Gasteiger partial charge in [-0.25, -0.2) is 4.39 Å². The van der Waals surface area contributed by atoms with Gasteiger partial charge in [0, 0.05) is 29.5 Å². The van der Waals surface area contributed by atoms with E-state index in [1.54, 1.807) is 0 Å². The lowest BCUT2D eigenvalue weighted by Gasteiger charge is -2.20. The van der Waals surface area contributed by atoms with Crippen molar-refractivity contribution in [2.75, 3.05) is 6.54 Å². The fraction of sp³-hybridized carbons (Fsp3) is 0.438. The first-order valence-electron chi connectivity index (χ1n) is 7.27. The molecule has 2 aromatic rings. The van der Waals surface area contributed by atoms with Gasteiger partial charge < -0.3 is 5.32 Å². The van der Waals surface area contributed by atoms with Crippen LogP contribution in [0.1, 0.15) is 37.1 Å². The Kier molecular flexibility index (Phi) is 5.94. The van der Waals surface area contributed by atoms with E-state index in [0.29, 0.717) is 0 Å². The molecule has 1 atom stereocenters. The molecule has 0 aliphatic heterocycles. The van der Waals surface area contributed by atoms with E-state index in [1.165, 1.54) is 17.8 Å². The van der Waals surface area contributed by atoms with Gasteiger partial charge >= 0.3 is 0 Å². The van der Waals surface area contributed by atoms with E-state index >= 15 is 0 Å². The SMILES string of the molecule is CCCNC(CCc1ccnn1C)c1ccc(F)cc1Br. The molecule has 3 nitrogen and oxygen atoms in total. The molecule has 0 spiro atoms. The molecule has 2 rings (SSSR count). The molecule has 1 heterocycles. The van der Waals surface area contributed by atoms with Crippen LogP contribution in [0.2, 0.25) is 0 Å². The van der Waals surface area contributed by atoms with E-state index in [4.69, 9.17) is 0 Å². The number of halogens is 2. The van der Waals surface area contributed by atoms with Gasteiger partial charge in [0.1, 0.15) is 5.82 Å². The van der Waals surface area contributed by atoms with Crippen LogP contribution < -0.4 is 5.32 Å². The summed E-state index contributed by atoms with van der Waals surface area (Å²) >= 11 is 3.48. The Bertz CT molecular complexity index is 583. The highest BCUT2D eigenvalue weighted by atomic mass is 79.9. The summed E-state index contributed by atoms with van der Waals surface area (Å²) in [5.74, 6) is -0.216. The maximum Gasteiger partial charge on any atom is 0.124 e. The van der Waals surface area contributed by atoms with Crippen LogP contribution in [0.3, 0.4) is 0 Å². The third-order valence-electron chi connectivity index (χ3n) is 3.59. The van der Waals surface area contributed by atoms with Crippen molar-refractivity contribution >= 4 is 15.9 Å². The van der Waals surface area contributed by atoms with Crippen molar-refractivity contribution in [1.82, 2.24) is 15.1 Å². The number of nitrogens with zero attached hydrogens (tertiary/aromatic N) is 2. The first-order valence-corrected chi connectivity index (χ1v) is 8.06. The number of aromatic nitrogens is 2. The molecule has 0 radical (unpaired) electrons. The molecule has 0 saturated heterocycles. The molecule has 0 aliphatic carbocycles. The Morgan fingerprint density at radius 1 is 1.38 bits per heavy atom. The normalized spacial score (nSPS) is 12.6. The molecule has 21 heavy (non-hydrogen) atoms. The summed E-state index contributed by atoms with van der Waals surface area (Å²) in [6, 6.07) is 7.15. The minimum absolute atomic E-state index is 0.204. The maximum atomic E-state index is 13.3. The van der Waals surface area contributed by atoms with Crippen LogP contribution in [-0.4, -0.2) is 16.3 Å². The lowest BCUT2D eigenvalue weighted by atomic mass is 10.0. The van der Waals surface area contributed by atoms with Crippen molar-refractivity contribution in [2.24, 2.45) is 7.05 Å². The monoisotopic (exact) mass is 353 g/mol. The Hall–Kier alpha value is -1.20. The van der Waals surface area contributed by atoms with Crippen LogP contribution in [0.15, 0.2) is 34.9 Å². The van der Waals surface area contributed by atoms with Gasteiger partial charge in [-0.1, -0.05) is 28.9 Å². The number of rotatable bonds is 7. The molecule has 114 valence electrons. The van der Waals surface area contributed by atoms with E-state index in [-0.39, 0.29) is 11.9 Å². The van der Waals surface area contributed by atoms with Gasteiger partial charge in [-0.05, 0) is 49.6 Å². The fourth-order valence-corrected chi connectivity index (χ4v) is 3.04. The molecule has 1 aromatic carbocycles. The Morgan fingerprint density at radius 2 is 2.19 bits per heavy atom. The van der Waals surface area contributed by atoms with Crippen molar-refractivity contribution in [3.63, 3.8) is 0 Å². The van der Waals surface area contributed by atoms with Crippen molar-refractivity contribution in [3.05, 3.63) is 52.0 Å². The quantitative estimate of drug-likeness (QED) is 0.815. The third-order valence-corrected chi connectivity index (χ3v) is 4.28. The number of hydrogen-bond acceptors (Lipinski definition) is 2. The molecule has 0 saturated carbocycles. The van der Waals surface area contributed by atoms with Crippen LogP contribution in [0, 0.1) is 5.82 Å². The van der Waals surface area contributed by atoms with E-state index in [9.17, 15) is 4.39 Å². The van der Waals surface area contributed by atoms with Crippen LogP contribution in [0.4, 0.5) is 4.39 Å². The highest BCUT2D eigenvalue weighted by Gasteiger charge is 2.15. The second-order valence-corrected chi connectivity index (χ2v) is 6.01. The van der Waals surface area contributed by atoms with Gasteiger partial charge in [0.15, 0.2) is 0 Å². The summed E-state index contributed by atoms with van der Waals surface area (Å²) in [5.41, 5.74) is 2.31. The Balaban J connectivity index is 2.12. The number of hydrogen-bond donors (Lipinski definition) is 1. The van der Waals surface area contributed by atoms with Gasteiger partial charge in [0.2, 0.25) is 0 Å². The number of nitrogens with one attached hydrogen (secondary N) is 1. The summed E-state index contributed by atoms with van der Waals surface area (Å²) < 4.78 is 16.0. The van der Waals surface area contributed by atoms with Crippen LogP contribution >= 0.6 is 15.9 Å². The average molecular weight is 354 g/mol. The minimum Gasteiger partial charge on any atom is -0.310 e. The van der Waals surface area contributed by atoms with Gasteiger partial charge in [0.25, 0.3) is 0 Å². The lowest BCUT2D eigenvalue weighted by molar-refractivity contribution is 0.489. The van der Waals surface area contributed by atoms with E-state index in [1.807, 2.05) is 30.1 Å². The van der Waals surface area contributed by atoms with Gasteiger partial charge in [-0.15, -0.1) is 0 Å². The smallest absolute Gasteiger partial charge is 0.124 e. The van der Waals surface area contributed by atoms with Crippen molar-refractivity contribution in [1.29, 1.82) is 0 Å². The molecule has 1 N–H and O–H groups in total. The molecule has 0 aliphatic rings. The Morgan fingerprint density at radius 3 is 2.81 bits per heavy atom. The molecule has 1 unspecified atom stereocenters. The molecule has 0 fully saturated rings. The molecule has 0 amide bonds. The topological polar surface area (TPSA) is 29.9 Å². The third kappa shape index (κ3) is 4.38. The average Bonchev–Trinajstić information content (AvgIpc) is 2.85. The van der Waals surface area contributed by atoms with Crippen LogP contribution in [-0.2, 0) is 13.5 Å². The summed E-state index contributed by atoms with van der Waals surface area (Å²) in [6.07, 6.45) is 4.77. The first-order chi connectivity index (χ1) is 10.1. The standard InChI is InChI=1S/C16H21BrFN3/c1-3-9-19-16(7-5-13-8-10-20-21(13)2)14-6-4-12(18)11-15(14)17/h4,6,8,10-11,16,19H,3,5,7,9H2,1-2H3. The van der Waals surface area contributed by atoms with Crippen molar-refractivity contribution in [2.45, 2.75) is 32.2 Å². The molecular weight excluding hydrogens is 333 g/mol. The zero-order valence-electron chi connectivity index (χ0n) is 12.4. The number of benzene rings is 1. The van der Waals surface area contributed by atoms with Crippen LogP contribution in [0.5, 0.6) is 0 Å². The first kappa shape index (κ1) is 16.2. The van der Waals surface area contributed by atoms with Crippen LogP contribution in [0.25, 0.3) is 0 Å². The second kappa shape index (κ2) is 7.71. The second-order valence-electron chi connectivity index (χ2n) is 5.16. The fourth-order valence-electron chi connectivity index (χ4n) is 2.41. The molecule has 5 heteroatoms. The highest BCUT2D eigenvalue weighted by Crippen LogP contribution is 2.27. The zero-order chi connectivity index (χ0) is 15.2. The van der Waals surface area contributed by atoms with E-state index in [0.717, 1.165) is 35.8 Å².